The number of aromatic nitrogens is 2. The molecule has 4 heteroatoms. The van der Waals surface area contributed by atoms with Gasteiger partial charge in [0.2, 0.25) is 0 Å². The Hall–Kier alpha value is -1.78. The Kier molecular flexibility index (Phi) is 4.04. The molecule has 1 aliphatic rings. The normalized spacial score (nSPS) is 17.8. The molecule has 0 saturated carbocycles. The number of nitrogens with zero attached hydrogens (tertiary/aromatic N) is 2. The van der Waals surface area contributed by atoms with Gasteiger partial charge in [0.15, 0.2) is 0 Å². The highest BCUT2D eigenvalue weighted by molar-refractivity contribution is 5.31. The molecule has 0 fully saturated rings. The number of hydrogen-bond acceptors (Lipinski definition) is 4. The largest absolute Gasteiger partial charge is 0.372 e. The highest BCUT2D eigenvalue weighted by atomic mass is 16.5. The van der Waals surface area contributed by atoms with Crippen LogP contribution >= 0.6 is 0 Å². The molecule has 0 amide bonds. The Morgan fingerprint density at radius 3 is 3.10 bits per heavy atom. The van der Waals surface area contributed by atoms with Gasteiger partial charge in [-0.2, -0.15) is 0 Å². The van der Waals surface area contributed by atoms with Crippen molar-refractivity contribution in [1.29, 1.82) is 0 Å². The van der Waals surface area contributed by atoms with E-state index in [9.17, 15) is 0 Å². The molecule has 0 radical (unpaired) electrons. The van der Waals surface area contributed by atoms with Crippen LogP contribution in [0.25, 0.3) is 0 Å². The van der Waals surface area contributed by atoms with Crippen molar-refractivity contribution in [2.75, 3.05) is 13.2 Å². The van der Waals surface area contributed by atoms with E-state index >= 15 is 0 Å². The number of rotatable bonds is 4. The lowest BCUT2D eigenvalue weighted by Gasteiger charge is -2.26. The number of benzene rings is 1. The maximum absolute atomic E-state index is 5.87. The molecular formula is C16H19N3O. The van der Waals surface area contributed by atoms with Crippen molar-refractivity contribution in [3.05, 3.63) is 59.2 Å². The molecular weight excluding hydrogens is 250 g/mol. The molecule has 1 unspecified atom stereocenters. The number of aryl methyl sites for hydroxylation is 1. The lowest BCUT2D eigenvalue weighted by Crippen LogP contribution is -2.27. The van der Waals surface area contributed by atoms with Crippen LogP contribution in [0.5, 0.6) is 0 Å². The summed E-state index contributed by atoms with van der Waals surface area (Å²) in [6.45, 7) is 4.26. The van der Waals surface area contributed by atoms with E-state index < -0.39 is 0 Å². The molecule has 104 valence electrons. The second kappa shape index (κ2) is 6.11. The van der Waals surface area contributed by atoms with Gasteiger partial charge in [0, 0.05) is 19.3 Å². The van der Waals surface area contributed by atoms with Crippen LogP contribution in [-0.4, -0.2) is 23.1 Å². The van der Waals surface area contributed by atoms with Crippen LogP contribution in [-0.2, 0) is 17.7 Å². The average molecular weight is 269 g/mol. The summed E-state index contributed by atoms with van der Waals surface area (Å²) in [7, 11) is 0. The van der Waals surface area contributed by atoms with E-state index in [1.165, 1.54) is 11.1 Å². The second-order valence-corrected chi connectivity index (χ2v) is 5.03. The van der Waals surface area contributed by atoms with Crippen LogP contribution in [0.1, 0.15) is 28.7 Å². The SMILES string of the molecule is Cc1nccc(CNCC2OCCc3ccccc32)n1. The molecule has 2 heterocycles. The Morgan fingerprint density at radius 1 is 1.30 bits per heavy atom. The van der Waals surface area contributed by atoms with Gasteiger partial charge in [-0.15, -0.1) is 0 Å². The molecule has 1 aromatic carbocycles. The van der Waals surface area contributed by atoms with Gasteiger partial charge in [-0.3, -0.25) is 0 Å². The third-order valence-electron chi connectivity index (χ3n) is 3.56. The first-order valence-corrected chi connectivity index (χ1v) is 7.01. The number of nitrogens with one attached hydrogen (secondary N) is 1. The van der Waals surface area contributed by atoms with E-state index in [1.807, 2.05) is 13.0 Å². The Bertz CT molecular complexity index is 585. The molecule has 1 aromatic heterocycles. The van der Waals surface area contributed by atoms with Crippen molar-refractivity contribution in [3.63, 3.8) is 0 Å². The van der Waals surface area contributed by atoms with Crippen LogP contribution < -0.4 is 5.32 Å². The van der Waals surface area contributed by atoms with Crippen molar-refractivity contribution in [2.24, 2.45) is 0 Å². The van der Waals surface area contributed by atoms with Gasteiger partial charge in [0.05, 0.1) is 18.4 Å². The van der Waals surface area contributed by atoms with E-state index in [0.29, 0.717) is 0 Å². The average Bonchev–Trinajstić information content (AvgIpc) is 2.48. The summed E-state index contributed by atoms with van der Waals surface area (Å²) >= 11 is 0. The first kappa shape index (κ1) is 13.2. The van der Waals surface area contributed by atoms with Gasteiger partial charge >= 0.3 is 0 Å². The Morgan fingerprint density at radius 2 is 2.20 bits per heavy atom. The molecule has 1 N–H and O–H groups in total. The van der Waals surface area contributed by atoms with Crippen LogP contribution in [0.4, 0.5) is 0 Å². The molecule has 0 saturated heterocycles. The van der Waals surface area contributed by atoms with E-state index in [1.54, 1.807) is 6.20 Å². The van der Waals surface area contributed by atoms with E-state index in [4.69, 9.17) is 4.74 Å². The number of fused-ring (bicyclic) bond motifs is 1. The van der Waals surface area contributed by atoms with Crippen molar-refractivity contribution in [1.82, 2.24) is 15.3 Å². The van der Waals surface area contributed by atoms with Gasteiger partial charge < -0.3 is 10.1 Å². The monoisotopic (exact) mass is 269 g/mol. The molecule has 4 nitrogen and oxygen atoms in total. The van der Waals surface area contributed by atoms with Crippen molar-refractivity contribution in [2.45, 2.75) is 26.0 Å². The molecule has 20 heavy (non-hydrogen) atoms. The van der Waals surface area contributed by atoms with Crippen molar-refractivity contribution < 1.29 is 4.74 Å². The predicted molar refractivity (Wildman–Crippen MR) is 77.3 cm³/mol. The highest BCUT2D eigenvalue weighted by Gasteiger charge is 2.19. The van der Waals surface area contributed by atoms with Gasteiger partial charge in [-0.1, -0.05) is 24.3 Å². The highest BCUT2D eigenvalue weighted by Crippen LogP contribution is 2.26. The Labute approximate surface area is 119 Å². The summed E-state index contributed by atoms with van der Waals surface area (Å²) in [6.07, 6.45) is 2.95. The van der Waals surface area contributed by atoms with E-state index in [2.05, 4.69) is 39.6 Å². The Balaban J connectivity index is 1.60. The van der Waals surface area contributed by atoms with Crippen LogP contribution in [0, 0.1) is 6.92 Å². The fourth-order valence-electron chi connectivity index (χ4n) is 2.58. The zero-order valence-corrected chi connectivity index (χ0v) is 11.7. The first-order chi connectivity index (χ1) is 9.83. The maximum Gasteiger partial charge on any atom is 0.125 e. The molecule has 0 bridgehead atoms. The minimum Gasteiger partial charge on any atom is -0.372 e. The zero-order chi connectivity index (χ0) is 13.8. The third-order valence-corrected chi connectivity index (χ3v) is 3.56. The van der Waals surface area contributed by atoms with Crippen molar-refractivity contribution >= 4 is 0 Å². The lowest BCUT2D eigenvalue weighted by atomic mass is 9.97. The van der Waals surface area contributed by atoms with Gasteiger partial charge in [-0.05, 0) is 30.5 Å². The summed E-state index contributed by atoms with van der Waals surface area (Å²) in [5.74, 6) is 0.809. The lowest BCUT2D eigenvalue weighted by molar-refractivity contribution is 0.0423. The summed E-state index contributed by atoms with van der Waals surface area (Å²) in [6, 6.07) is 10.5. The molecule has 0 aliphatic carbocycles. The number of ether oxygens (including phenoxy) is 1. The topological polar surface area (TPSA) is 47.0 Å². The maximum atomic E-state index is 5.87. The predicted octanol–water partition coefficient (Wildman–Crippen LogP) is 2.19. The van der Waals surface area contributed by atoms with Gasteiger partial charge in [0.25, 0.3) is 0 Å². The third kappa shape index (κ3) is 3.03. The van der Waals surface area contributed by atoms with Crippen molar-refractivity contribution in [3.8, 4) is 0 Å². The molecule has 2 aromatic rings. The van der Waals surface area contributed by atoms with Crippen LogP contribution in [0.15, 0.2) is 36.5 Å². The first-order valence-electron chi connectivity index (χ1n) is 7.01. The smallest absolute Gasteiger partial charge is 0.125 e. The van der Waals surface area contributed by atoms with Crippen LogP contribution in [0.2, 0.25) is 0 Å². The van der Waals surface area contributed by atoms with Crippen LogP contribution in [0.3, 0.4) is 0 Å². The molecule has 0 spiro atoms. The second-order valence-electron chi connectivity index (χ2n) is 5.03. The summed E-state index contributed by atoms with van der Waals surface area (Å²) < 4.78 is 5.87. The van der Waals surface area contributed by atoms with Gasteiger partial charge in [-0.25, -0.2) is 9.97 Å². The summed E-state index contributed by atoms with van der Waals surface area (Å²) in [5.41, 5.74) is 3.73. The number of hydrogen-bond donors (Lipinski definition) is 1. The van der Waals surface area contributed by atoms with E-state index in [-0.39, 0.29) is 6.10 Å². The zero-order valence-electron chi connectivity index (χ0n) is 11.7. The van der Waals surface area contributed by atoms with Gasteiger partial charge in [0.1, 0.15) is 5.82 Å². The standard InChI is InChI=1S/C16H19N3O/c1-12-18-8-6-14(19-12)10-17-11-16-15-5-3-2-4-13(15)7-9-20-16/h2-6,8,16-17H,7,9-11H2,1H3. The fraction of sp³-hybridized carbons (Fsp3) is 0.375. The fourth-order valence-corrected chi connectivity index (χ4v) is 2.58. The molecule has 1 atom stereocenters. The minimum absolute atomic E-state index is 0.142. The molecule has 3 rings (SSSR count). The van der Waals surface area contributed by atoms with E-state index in [0.717, 1.165) is 37.6 Å². The summed E-state index contributed by atoms with van der Waals surface area (Å²) in [4.78, 5) is 8.49. The molecule has 1 aliphatic heterocycles. The minimum atomic E-state index is 0.142. The summed E-state index contributed by atoms with van der Waals surface area (Å²) in [5, 5.41) is 3.42. The quantitative estimate of drug-likeness (QED) is 0.924.